The molecule has 1 amide bonds. The number of amides is 1. The van der Waals surface area contributed by atoms with Gasteiger partial charge in [0, 0.05) is 27.2 Å². The maximum absolute atomic E-state index is 12.9. The van der Waals surface area contributed by atoms with Crippen molar-refractivity contribution in [3.05, 3.63) is 59.7 Å². The number of methoxy groups -OCH3 is 1. The predicted octanol–water partition coefficient (Wildman–Crippen LogP) is 3.90. The van der Waals surface area contributed by atoms with Gasteiger partial charge in [-0.15, -0.1) is 0 Å². The van der Waals surface area contributed by atoms with E-state index < -0.39 is 28.4 Å². The van der Waals surface area contributed by atoms with Gasteiger partial charge >= 0.3 is 12.1 Å². The third-order valence-corrected chi connectivity index (χ3v) is 9.24. The molecule has 0 aromatic heterocycles. The minimum atomic E-state index is -1.18. The summed E-state index contributed by atoms with van der Waals surface area (Å²) in [5.74, 6) is -0.542. The fourth-order valence-electron chi connectivity index (χ4n) is 5.65. The molecule has 2 fully saturated rings. The smallest absolute Gasteiger partial charge is 0.408 e. The SMILES string of the molecule is COC(=O)C1(NC(=O)OCC2c3ccccc3-c3ccccc32)CC2CCCC(C1)S2=O. The van der Waals surface area contributed by atoms with E-state index in [1.54, 1.807) is 0 Å². The topological polar surface area (TPSA) is 81.7 Å². The van der Waals surface area contributed by atoms with Crippen molar-refractivity contribution in [3.8, 4) is 11.1 Å². The summed E-state index contributed by atoms with van der Waals surface area (Å²) in [5.41, 5.74) is 3.40. The number of carbonyl (C=O) groups is 2. The summed E-state index contributed by atoms with van der Waals surface area (Å²) >= 11 is 0. The second-order valence-electron chi connectivity index (χ2n) is 8.94. The molecule has 2 aliphatic heterocycles. The van der Waals surface area contributed by atoms with Crippen molar-refractivity contribution in [2.24, 2.45) is 0 Å². The molecule has 1 N–H and O–H groups in total. The summed E-state index contributed by atoms with van der Waals surface area (Å²) in [6.07, 6.45) is 2.62. The Hall–Kier alpha value is -2.67. The van der Waals surface area contributed by atoms with Crippen LogP contribution in [0.1, 0.15) is 49.1 Å². The molecule has 2 heterocycles. The molecule has 1 aliphatic carbocycles. The first kappa shape index (κ1) is 21.2. The Morgan fingerprint density at radius 1 is 1.00 bits per heavy atom. The lowest BCUT2D eigenvalue weighted by molar-refractivity contribution is -0.149. The Bertz CT molecular complexity index is 1020. The van der Waals surface area contributed by atoms with Crippen molar-refractivity contribution in [2.75, 3.05) is 13.7 Å². The Labute approximate surface area is 190 Å². The number of nitrogens with one attached hydrogen (secondary N) is 1. The molecule has 2 atom stereocenters. The summed E-state index contributed by atoms with van der Waals surface area (Å²) in [5, 5.41) is 2.63. The van der Waals surface area contributed by atoms with E-state index >= 15 is 0 Å². The van der Waals surface area contributed by atoms with Crippen LogP contribution in [0.15, 0.2) is 48.5 Å². The molecular weight excluding hydrogens is 426 g/mol. The Morgan fingerprint density at radius 2 is 1.56 bits per heavy atom. The van der Waals surface area contributed by atoms with Gasteiger partial charge in [-0.05, 0) is 47.9 Å². The van der Waals surface area contributed by atoms with E-state index in [4.69, 9.17) is 9.47 Å². The Morgan fingerprint density at radius 3 is 2.12 bits per heavy atom. The molecule has 2 saturated heterocycles. The van der Waals surface area contributed by atoms with Gasteiger partial charge in [0.05, 0.1) is 7.11 Å². The van der Waals surface area contributed by atoms with E-state index in [1.807, 2.05) is 24.3 Å². The Balaban J connectivity index is 1.33. The molecule has 2 aromatic rings. The van der Waals surface area contributed by atoms with Crippen molar-refractivity contribution in [1.82, 2.24) is 5.32 Å². The highest BCUT2D eigenvalue weighted by atomic mass is 32.2. The van der Waals surface area contributed by atoms with Gasteiger partial charge in [0.2, 0.25) is 0 Å². The molecule has 6 nitrogen and oxygen atoms in total. The first-order valence-electron chi connectivity index (χ1n) is 11.1. The quantitative estimate of drug-likeness (QED) is 0.710. The van der Waals surface area contributed by atoms with Crippen LogP contribution in [0, 0.1) is 0 Å². The normalized spacial score (nSPS) is 28.3. The van der Waals surface area contributed by atoms with Crippen molar-refractivity contribution in [2.45, 2.75) is 54.1 Å². The van der Waals surface area contributed by atoms with Gasteiger partial charge in [0.15, 0.2) is 0 Å². The molecule has 0 saturated carbocycles. The predicted molar refractivity (Wildman–Crippen MR) is 122 cm³/mol. The zero-order chi connectivity index (χ0) is 22.3. The van der Waals surface area contributed by atoms with Crippen LogP contribution < -0.4 is 5.32 Å². The van der Waals surface area contributed by atoms with Gasteiger partial charge in [0.25, 0.3) is 0 Å². The van der Waals surface area contributed by atoms with E-state index in [0.29, 0.717) is 12.8 Å². The molecule has 7 heteroatoms. The van der Waals surface area contributed by atoms with Crippen LogP contribution in [0.4, 0.5) is 4.79 Å². The lowest BCUT2D eigenvalue weighted by atomic mass is 9.82. The van der Waals surface area contributed by atoms with Crippen LogP contribution in [-0.4, -0.2) is 46.0 Å². The number of esters is 1. The molecular formula is C25H27NO5S. The highest BCUT2D eigenvalue weighted by Gasteiger charge is 2.52. The number of carbonyl (C=O) groups excluding carboxylic acids is 2. The molecule has 2 bridgehead atoms. The number of fused-ring (bicyclic) bond motifs is 5. The minimum Gasteiger partial charge on any atom is -0.467 e. The van der Waals surface area contributed by atoms with Crippen LogP contribution in [0.25, 0.3) is 11.1 Å². The minimum absolute atomic E-state index is 0.0551. The number of hydrogen-bond donors (Lipinski definition) is 1. The first-order chi connectivity index (χ1) is 15.5. The number of hydrogen-bond acceptors (Lipinski definition) is 5. The average Bonchev–Trinajstić information content (AvgIpc) is 3.12. The lowest BCUT2D eigenvalue weighted by Gasteiger charge is -2.44. The van der Waals surface area contributed by atoms with Gasteiger partial charge < -0.3 is 14.8 Å². The van der Waals surface area contributed by atoms with E-state index in [9.17, 15) is 13.8 Å². The molecule has 3 aliphatic rings. The van der Waals surface area contributed by atoms with Gasteiger partial charge in [-0.2, -0.15) is 0 Å². The van der Waals surface area contributed by atoms with Crippen LogP contribution in [0.5, 0.6) is 0 Å². The summed E-state index contributed by atoms with van der Waals surface area (Å²) in [7, 11) is 0.353. The van der Waals surface area contributed by atoms with Crippen molar-refractivity contribution in [3.63, 3.8) is 0 Å². The lowest BCUT2D eigenvalue weighted by Crippen LogP contribution is -2.63. The number of benzene rings is 2. The molecule has 2 aromatic carbocycles. The summed E-state index contributed by atoms with van der Waals surface area (Å²) in [4.78, 5) is 25.7. The highest BCUT2D eigenvalue weighted by Crippen LogP contribution is 2.45. The number of alkyl carbamates (subject to hydrolysis) is 1. The van der Waals surface area contributed by atoms with E-state index in [0.717, 1.165) is 41.5 Å². The maximum atomic E-state index is 12.9. The summed E-state index contributed by atoms with van der Waals surface area (Å²) in [6.45, 7) is 0.176. The standard InChI is InChI=1S/C25H27NO5S/c1-30-23(27)25(13-16-7-6-8-17(14-25)32(16)29)26-24(28)31-15-22-20-11-4-2-9-18(20)19-10-3-5-12-21(19)22/h2-5,9-12,16-17,22H,6-8,13-15H2,1H3,(H,26,28). The Kier molecular flexibility index (Phi) is 5.53. The van der Waals surface area contributed by atoms with Crippen LogP contribution in [0.3, 0.4) is 0 Å². The molecule has 5 rings (SSSR count). The average molecular weight is 454 g/mol. The third-order valence-electron chi connectivity index (χ3n) is 7.12. The van der Waals surface area contributed by atoms with Crippen LogP contribution in [-0.2, 0) is 25.1 Å². The van der Waals surface area contributed by atoms with Crippen molar-refractivity contribution >= 4 is 22.9 Å². The monoisotopic (exact) mass is 453 g/mol. The first-order valence-corrected chi connectivity index (χ1v) is 12.4. The molecule has 0 radical (unpaired) electrons. The largest absolute Gasteiger partial charge is 0.467 e. The fraction of sp³-hybridized carbons (Fsp3) is 0.440. The van der Waals surface area contributed by atoms with Gasteiger partial charge in [-0.1, -0.05) is 55.0 Å². The van der Waals surface area contributed by atoms with Gasteiger partial charge in [0.1, 0.15) is 12.1 Å². The molecule has 32 heavy (non-hydrogen) atoms. The molecule has 0 spiro atoms. The maximum Gasteiger partial charge on any atom is 0.408 e. The van der Waals surface area contributed by atoms with Gasteiger partial charge in [-0.3, -0.25) is 4.21 Å². The number of rotatable bonds is 4. The fourth-order valence-corrected chi connectivity index (χ4v) is 7.89. The summed E-state index contributed by atoms with van der Waals surface area (Å²) in [6, 6.07) is 16.3. The van der Waals surface area contributed by atoms with Crippen molar-refractivity contribution < 1.29 is 23.3 Å². The summed E-state index contributed by atoms with van der Waals surface area (Å²) < 4.78 is 23.4. The second kappa shape index (κ2) is 8.35. The zero-order valence-corrected chi connectivity index (χ0v) is 18.9. The van der Waals surface area contributed by atoms with Crippen molar-refractivity contribution in [1.29, 1.82) is 0 Å². The van der Waals surface area contributed by atoms with E-state index in [1.165, 1.54) is 7.11 Å². The molecule has 2 unspecified atom stereocenters. The van der Waals surface area contributed by atoms with Crippen LogP contribution in [0.2, 0.25) is 0 Å². The zero-order valence-electron chi connectivity index (χ0n) is 18.0. The molecule has 168 valence electrons. The van der Waals surface area contributed by atoms with E-state index in [-0.39, 0.29) is 23.0 Å². The third kappa shape index (κ3) is 3.52. The number of ether oxygens (including phenoxy) is 2. The van der Waals surface area contributed by atoms with Gasteiger partial charge in [-0.25, -0.2) is 9.59 Å². The second-order valence-corrected chi connectivity index (χ2v) is 10.9. The van der Waals surface area contributed by atoms with E-state index in [2.05, 4.69) is 29.6 Å². The highest BCUT2D eigenvalue weighted by molar-refractivity contribution is 7.86. The van der Waals surface area contributed by atoms with Crippen LogP contribution >= 0.6 is 0 Å².